The average Bonchev–Trinajstić information content (AvgIpc) is 3.04. The highest BCUT2D eigenvalue weighted by atomic mass is 32.1. The van der Waals surface area contributed by atoms with Crippen LogP contribution >= 0.6 is 11.3 Å². The summed E-state index contributed by atoms with van der Waals surface area (Å²) < 4.78 is 0. The predicted molar refractivity (Wildman–Crippen MR) is 84.6 cm³/mol. The zero-order valence-corrected chi connectivity index (χ0v) is 13.9. The number of nitrogens with one attached hydrogen (secondary N) is 1. The molecule has 0 spiro atoms. The topological polar surface area (TPSA) is 93.2 Å². The van der Waals surface area contributed by atoms with E-state index in [4.69, 9.17) is 5.21 Å². The van der Waals surface area contributed by atoms with Gasteiger partial charge in [-0.15, -0.1) is 11.3 Å². The highest BCUT2D eigenvalue weighted by molar-refractivity contribution is 7.15. The molecule has 1 aromatic heterocycles. The van der Waals surface area contributed by atoms with Crippen molar-refractivity contribution in [2.75, 3.05) is 46.8 Å². The molecular formula is C14H20N4O4S. The normalized spacial score (nSPS) is 15.3. The Bertz CT molecular complexity index is 593. The number of carbonyl (C=O) groups excluding carboxylic acids is 3. The molecule has 0 radical (unpaired) electrons. The van der Waals surface area contributed by atoms with E-state index >= 15 is 0 Å². The van der Waals surface area contributed by atoms with Gasteiger partial charge in [0.05, 0.1) is 16.3 Å². The van der Waals surface area contributed by atoms with Gasteiger partial charge in [0.15, 0.2) is 0 Å². The van der Waals surface area contributed by atoms with Crippen molar-refractivity contribution in [3.63, 3.8) is 0 Å². The van der Waals surface area contributed by atoms with Gasteiger partial charge in [-0.2, -0.15) is 0 Å². The minimum Gasteiger partial charge on any atom is -0.348 e. The van der Waals surface area contributed by atoms with Gasteiger partial charge in [0.2, 0.25) is 5.91 Å². The molecule has 1 fully saturated rings. The first kappa shape index (κ1) is 17.4. The molecule has 0 unspecified atom stereocenters. The number of hydrogen-bond donors (Lipinski definition) is 2. The van der Waals surface area contributed by atoms with E-state index in [2.05, 4.69) is 0 Å². The maximum absolute atomic E-state index is 12.4. The Morgan fingerprint density at radius 1 is 1.17 bits per heavy atom. The van der Waals surface area contributed by atoms with E-state index < -0.39 is 5.91 Å². The standard InChI is InChI=1S/C14H20N4O4S/c1-16(2)12(19)9-17-5-7-18(8-6-17)14(21)11-4-3-10(23-11)13(20)15-22/h3-4,22H,5-9H2,1-2H3,(H,15,20). The van der Waals surface area contributed by atoms with Gasteiger partial charge in [-0.3, -0.25) is 24.5 Å². The first-order valence-corrected chi connectivity index (χ1v) is 8.00. The summed E-state index contributed by atoms with van der Waals surface area (Å²) in [7, 11) is 3.44. The average molecular weight is 340 g/mol. The molecule has 1 aromatic rings. The third-order valence-electron chi connectivity index (χ3n) is 3.66. The third-order valence-corrected chi connectivity index (χ3v) is 4.73. The van der Waals surface area contributed by atoms with Gasteiger partial charge in [-0.05, 0) is 12.1 Å². The van der Waals surface area contributed by atoms with Gasteiger partial charge in [0.25, 0.3) is 11.8 Å². The van der Waals surface area contributed by atoms with E-state index in [1.807, 2.05) is 4.90 Å². The smallest absolute Gasteiger partial charge is 0.284 e. The Morgan fingerprint density at radius 2 is 1.78 bits per heavy atom. The molecule has 2 heterocycles. The van der Waals surface area contributed by atoms with Crippen LogP contribution in [0.2, 0.25) is 0 Å². The van der Waals surface area contributed by atoms with Gasteiger partial charge >= 0.3 is 0 Å². The van der Waals surface area contributed by atoms with E-state index in [9.17, 15) is 14.4 Å². The van der Waals surface area contributed by atoms with Crippen LogP contribution < -0.4 is 5.48 Å². The lowest BCUT2D eigenvalue weighted by Crippen LogP contribution is -2.50. The fourth-order valence-corrected chi connectivity index (χ4v) is 3.09. The molecule has 23 heavy (non-hydrogen) atoms. The van der Waals surface area contributed by atoms with Crippen LogP contribution in [-0.4, -0.2) is 84.4 Å². The van der Waals surface area contributed by atoms with E-state index in [0.29, 0.717) is 37.6 Å². The molecule has 9 heteroatoms. The zero-order chi connectivity index (χ0) is 17.0. The highest BCUT2D eigenvalue weighted by Crippen LogP contribution is 2.19. The van der Waals surface area contributed by atoms with Crippen molar-refractivity contribution >= 4 is 29.1 Å². The molecule has 126 valence electrons. The van der Waals surface area contributed by atoms with Crippen molar-refractivity contribution in [2.24, 2.45) is 0 Å². The van der Waals surface area contributed by atoms with Gasteiger partial charge in [0, 0.05) is 40.3 Å². The number of rotatable bonds is 4. The highest BCUT2D eigenvalue weighted by Gasteiger charge is 2.25. The van der Waals surface area contributed by atoms with Gasteiger partial charge in [0.1, 0.15) is 0 Å². The van der Waals surface area contributed by atoms with Crippen molar-refractivity contribution in [3.8, 4) is 0 Å². The van der Waals surface area contributed by atoms with Crippen LogP contribution in [-0.2, 0) is 4.79 Å². The van der Waals surface area contributed by atoms with Crippen LogP contribution in [0.25, 0.3) is 0 Å². The van der Waals surface area contributed by atoms with Gasteiger partial charge < -0.3 is 9.80 Å². The quantitative estimate of drug-likeness (QED) is 0.580. The molecule has 0 bridgehead atoms. The maximum atomic E-state index is 12.4. The summed E-state index contributed by atoms with van der Waals surface area (Å²) in [4.78, 5) is 41.4. The fraction of sp³-hybridized carbons (Fsp3) is 0.500. The molecule has 1 saturated heterocycles. The zero-order valence-electron chi connectivity index (χ0n) is 13.1. The largest absolute Gasteiger partial charge is 0.348 e. The molecule has 3 amide bonds. The second kappa shape index (κ2) is 7.53. The van der Waals surface area contributed by atoms with Gasteiger partial charge in [-0.25, -0.2) is 5.48 Å². The number of likely N-dealkylation sites (N-methyl/N-ethyl adjacent to an activating group) is 1. The molecule has 0 aromatic carbocycles. The Balaban J connectivity index is 1.89. The van der Waals surface area contributed by atoms with Crippen LogP contribution in [0.15, 0.2) is 12.1 Å². The lowest BCUT2D eigenvalue weighted by atomic mass is 10.3. The number of amides is 3. The number of hydroxylamine groups is 1. The number of thiophene rings is 1. The van der Waals surface area contributed by atoms with Crippen molar-refractivity contribution in [1.82, 2.24) is 20.2 Å². The molecule has 2 N–H and O–H groups in total. The summed E-state index contributed by atoms with van der Waals surface area (Å²) in [6.45, 7) is 2.72. The summed E-state index contributed by atoms with van der Waals surface area (Å²) in [5.74, 6) is -0.714. The van der Waals surface area contributed by atoms with Crippen LogP contribution in [0, 0.1) is 0 Å². The number of piperazine rings is 1. The number of hydrogen-bond acceptors (Lipinski definition) is 6. The monoisotopic (exact) mass is 340 g/mol. The molecule has 8 nitrogen and oxygen atoms in total. The van der Waals surface area contributed by atoms with Crippen molar-refractivity contribution in [2.45, 2.75) is 0 Å². The van der Waals surface area contributed by atoms with E-state index in [1.54, 1.807) is 35.4 Å². The Kier molecular flexibility index (Phi) is 5.69. The Morgan fingerprint density at radius 3 is 2.35 bits per heavy atom. The second-order valence-electron chi connectivity index (χ2n) is 5.46. The van der Waals surface area contributed by atoms with Crippen LogP contribution in [0.4, 0.5) is 0 Å². The predicted octanol–water partition coefficient (Wildman–Crippen LogP) is -0.287. The Labute approximate surface area is 138 Å². The van der Waals surface area contributed by atoms with Crippen molar-refractivity contribution < 1.29 is 19.6 Å². The number of nitrogens with zero attached hydrogens (tertiary/aromatic N) is 3. The fourth-order valence-electron chi connectivity index (χ4n) is 2.23. The first-order chi connectivity index (χ1) is 10.9. The van der Waals surface area contributed by atoms with Crippen molar-refractivity contribution in [1.29, 1.82) is 0 Å². The van der Waals surface area contributed by atoms with Crippen molar-refractivity contribution in [3.05, 3.63) is 21.9 Å². The molecule has 0 saturated carbocycles. The summed E-state index contributed by atoms with van der Waals surface area (Å²) in [6, 6.07) is 3.09. The molecular weight excluding hydrogens is 320 g/mol. The number of carbonyl (C=O) groups is 3. The summed E-state index contributed by atoms with van der Waals surface area (Å²) in [5.41, 5.74) is 1.55. The molecule has 2 rings (SSSR count). The Hall–Kier alpha value is -1.97. The summed E-state index contributed by atoms with van der Waals surface area (Å²) in [6.07, 6.45) is 0. The summed E-state index contributed by atoms with van der Waals surface area (Å²) in [5, 5.41) is 8.60. The molecule has 0 aliphatic carbocycles. The molecule has 1 aliphatic heterocycles. The van der Waals surface area contributed by atoms with E-state index in [0.717, 1.165) is 11.3 Å². The third kappa shape index (κ3) is 4.27. The molecule has 0 atom stereocenters. The maximum Gasteiger partial charge on any atom is 0.284 e. The lowest BCUT2D eigenvalue weighted by Gasteiger charge is -2.34. The minimum atomic E-state index is -0.624. The van der Waals surface area contributed by atoms with Crippen LogP contribution in [0.3, 0.4) is 0 Å². The lowest BCUT2D eigenvalue weighted by molar-refractivity contribution is -0.130. The minimum absolute atomic E-state index is 0.0442. The van der Waals surface area contributed by atoms with E-state index in [1.165, 1.54) is 6.07 Å². The first-order valence-electron chi connectivity index (χ1n) is 7.18. The SMILES string of the molecule is CN(C)C(=O)CN1CCN(C(=O)c2ccc(C(=O)NO)s2)CC1. The van der Waals surface area contributed by atoms with Crippen LogP contribution in [0.5, 0.6) is 0 Å². The molecule has 1 aliphatic rings. The van der Waals surface area contributed by atoms with E-state index in [-0.39, 0.29) is 16.7 Å². The van der Waals surface area contributed by atoms with Gasteiger partial charge in [-0.1, -0.05) is 0 Å². The summed E-state index contributed by atoms with van der Waals surface area (Å²) >= 11 is 1.05. The van der Waals surface area contributed by atoms with Crippen LogP contribution in [0.1, 0.15) is 19.3 Å². The second-order valence-corrected chi connectivity index (χ2v) is 6.55.